The molecule has 0 spiro atoms. The van der Waals surface area contributed by atoms with Crippen molar-refractivity contribution in [3.05, 3.63) is 59.5 Å². The van der Waals surface area contributed by atoms with E-state index in [9.17, 15) is 4.79 Å². The summed E-state index contributed by atoms with van der Waals surface area (Å²) >= 11 is 0. The molecule has 6 heteroatoms. The maximum absolute atomic E-state index is 13.4. The molecule has 0 bridgehead atoms. The molecule has 1 aliphatic rings. The van der Waals surface area contributed by atoms with E-state index in [0.29, 0.717) is 5.56 Å². The van der Waals surface area contributed by atoms with Crippen LogP contribution in [0.2, 0.25) is 0 Å². The molecule has 1 aliphatic heterocycles. The summed E-state index contributed by atoms with van der Waals surface area (Å²) in [6.07, 6.45) is 3.68. The Morgan fingerprint density at radius 1 is 1.26 bits per heavy atom. The molecule has 4 rings (SSSR count). The van der Waals surface area contributed by atoms with Crippen LogP contribution < -0.4 is 0 Å². The zero-order valence-electron chi connectivity index (χ0n) is 16.1. The SMILES string of the molecule is CN(C)Cc1cc([C@H]2CCCN2C(=O)c2cccc3cccnc23)nn1C. The summed E-state index contributed by atoms with van der Waals surface area (Å²) in [4.78, 5) is 21.9. The number of hydrogen-bond donors (Lipinski definition) is 0. The molecule has 1 saturated heterocycles. The van der Waals surface area contributed by atoms with Crippen LogP contribution in [0, 0.1) is 0 Å². The van der Waals surface area contributed by atoms with Crippen molar-refractivity contribution in [1.82, 2.24) is 24.6 Å². The van der Waals surface area contributed by atoms with Crippen LogP contribution in [0.15, 0.2) is 42.6 Å². The number of carbonyl (C=O) groups excluding carboxylic acids is 1. The molecular formula is C21H25N5O. The number of aryl methyl sites for hydroxylation is 1. The van der Waals surface area contributed by atoms with E-state index in [-0.39, 0.29) is 11.9 Å². The number of benzene rings is 1. The van der Waals surface area contributed by atoms with E-state index in [0.717, 1.165) is 48.2 Å². The Kier molecular flexibility index (Phi) is 4.66. The van der Waals surface area contributed by atoms with Crippen LogP contribution in [-0.4, -0.2) is 51.1 Å². The number of hydrogen-bond acceptors (Lipinski definition) is 4. The average molecular weight is 363 g/mol. The van der Waals surface area contributed by atoms with Gasteiger partial charge in [0.1, 0.15) is 0 Å². The quantitative estimate of drug-likeness (QED) is 0.715. The van der Waals surface area contributed by atoms with Gasteiger partial charge in [0, 0.05) is 31.7 Å². The number of rotatable bonds is 4. The lowest BCUT2D eigenvalue weighted by molar-refractivity contribution is 0.0734. The summed E-state index contributed by atoms with van der Waals surface area (Å²) < 4.78 is 1.93. The summed E-state index contributed by atoms with van der Waals surface area (Å²) in [6, 6.07) is 11.9. The van der Waals surface area contributed by atoms with Crippen molar-refractivity contribution in [2.75, 3.05) is 20.6 Å². The minimum atomic E-state index is 0.0265. The molecule has 1 atom stereocenters. The minimum Gasteiger partial charge on any atom is -0.330 e. The predicted octanol–water partition coefficient (Wildman–Crippen LogP) is 3.01. The zero-order chi connectivity index (χ0) is 19.0. The van der Waals surface area contributed by atoms with E-state index in [1.165, 1.54) is 0 Å². The molecule has 0 saturated carbocycles. The van der Waals surface area contributed by atoms with Crippen molar-refractivity contribution in [2.45, 2.75) is 25.4 Å². The van der Waals surface area contributed by atoms with Gasteiger partial charge in [-0.25, -0.2) is 0 Å². The van der Waals surface area contributed by atoms with E-state index >= 15 is 0 Å². The van der Waals surface area contributed by atoms with Crippen molar-refractivity contribution in [1.29, 1.82) is 0 Å². The van der Waals surface area contributed by atoms with E-state index < -0.39 is 0 Å². The van der Waals surface area contributed by atoms with E-state index in [4.69, 9.17) is 5.10 Å². The van der Waals surface area contributed by atoms with Crippen LogP contribution in [-0.2, 0) is 13.6 Å². The van der Waals surface area contributed by atoms with Gasteiger partial charge in [0.05, 0.1) is 28.5 Å². The lowest BCUT2D eigenvalue weighted by Gasteiger charge is -2.23. The molecule has 0 aliphatic carbocycles. The molecular weight excluding hydrogens is 338 g/mol. The van der Waals surface area contributed by atoms with Crippen molar-refractivity contribution < 1.29 is 4.79 Å². The first kappa shape index (κ1) is 17.7. The molecule has 0 radical (unpaired) electrons. The second-order valence-electron chi connectivity index (χ2n) is 7.46. The van der Waals surface area contributed by atoms with Gasteiger partial charge in [-0.2, -0.15) is 5.10 Å². The number of aromatic nitrogens is 3. The third-order valence-corrected chi connectivity index (χ3v) is 5.19. The molecule has 27 heavy (non-hydrogen) atoms. The molecule has 1 aromatic carbocycles. The highest BCUT2D eigenvalue weighted by Gasteiger charge is 2.33. The van der Waals surface area contributed by atoms with Gasteiger partial charge in [0.2, 0.25) is 0 Å². The fraction of sp³-hybridized carbons (Fsp3) is 0.381. The van der Waals surface area contributed by atoms with E-state index in [2.05, 4.69) is 16.0 Å². The number of nitrogens with zero attached hydrogens (tertiary/aromatic N) is 5. The second-order valence-corrected chi connectivity index (χ2v) is 7.46. The molecule has 1 fully saturated rings. The van der Waals surface area contributed by atoms with Gasteiger partial charge in [-0.3, -0.25) is 14.5 Å². The van der Waals surface area contributed by atoms with Crippen molar-refractivity contribution in [2.24, 2.45) is 7.05 Å². The minimum absolute atomic E-state index is 0.0265. The Balaban J connectivity index is 1.66. The smallest absolute Gasteiger partial charge is 0.256 e. The number of likely N-dealkylation sites (tertiary alicyclic amines) is 1. The number of fused-ring (bicyclic) bond motifs is 1. The molecule has 3 heterocycles. The summed E-state index contributed by atoms with van der Waals surface area (Å²) in [5.74, 6) is 0.0432. The normalized spacial score (nSPS) is 17.2. The largest absolute Gasteiger partial charge is 0.330 e. The molecule has 0 unspecified atom stereocenters. The molecule has 6 nitrogen and oxygen atoms in total. The standard InChI is InChI=1S/C21H25N5O/c1-24(2)14-16-13-18(23-25(16)3)19-10-6-12-26(19)21(27)17-9-4-7-15-8-5-11-22-20(15)17/h4-5,7-9,11,13,19H,6,10,12,14H2,1-3H3/t19-/m1/s1. The van der Waals surface area contributed by atoms with Crippen LogP contribution in [0.4, 0.5) is 0 Å². The Bertz CT molecular complexity index is 972. The van der Waals surface area contributed by atoms with Crippen LogP contribution in [0.3, 0.4) is 0 Å². The number of amides is 1. The van der Waals surface area contributed by atoms with Gasteiger partial charge in [-0.1, -0.05) is 18.2 Å². The summed E-state index contributed by atoms with van der Waals surface area (Å²) in [5, 5.41) is 5.71. The Morgan fingerprint density at radius 2 is 2.07 bits per heavy atom. The first-order chi connectivity index (χ1) is 13.0. The average Bonchev–Trinajstić information content (AvgIpc) is 3.27. The lowest BCUT2D eigenvalue weighted by Crippen LogP contribution is -2.31. The fourth-order valence-corrected chi connectivity index (χ4v) is 3.91. The second kappa shape index (κ2) is 7.12. The van der Waals surface area contributed by atoms with E-state index in [1.54, 1.807) is 6.20 Å². The van der Waals surface area contributed by atoms with Crippen molar-refractivity contribution in [3.63, 3.8) is 0 Å². The Labute approximate surface area is 159 Å². The first-order valence-electron chi connectivity index (χ1n) is 9.37. The van der Waals surface area contributed by atoms with Crippen molar-refractivity contribution in [3.8, 4) is 0 Å². The lowest BCUT2D eigenvalue weighted by atomic mass is 10.1. The highest BCUT2D eigenvalue weighted by molar-refractivity contribution is 6.05. The monoisotopic (exact) mass is 363 g/mol. The third kappa shape index (κ3) is 3.32. The van der Waals surface area contributed by atoms with Crippen LogP contribution in [0.25, 0.3) is 10.9 Å². The zero-order valence-corrected chi connectivity index (χ0v) is 16.1. The molecule has 1 amide bonds. The van der Waals surface area contributed by atoms with Crippen LogP contribution in [0.5, 0.6) is 0 Å². The number of pyridine rings is 1. The maximum atomic E-state index is 13.4. The highest BCUT2D eigenvalue weighted by atomic mass is 16.2. The van der Waals surface area contributed by atoms with Gasteiger partial charge in [-0.15, -0.1) is 0 Å². The maximum Gasteiger partial charge on any atom is 0.256 e. The van der Waals surface area contributed by atoms with Gasteiger partial charge in [-0.05, 0) is 45.1 Å². The molecule has 140 valence electrons. The fourth-order valence-electron chi connectivity index (χ4n) is 3.91. The Hall–Kier alpha value is -2.73. The molecule has 2 aromatic heterocycles. The highest BCUT2D eigenvalue weighted by Crippen LogP contribution is 2.33. The summed E-state index contributed by atoms with van der Waals surface area (Å²) in [7, 11) is 6.06. The number of carbonyl (C=O) groups is 1. The third-order valence-electron chi connectivity index (χ3n) is 5.19. The van der Waals surface area contributed by atoms with Gasteiger partial charge < -0.3 is 9.80 Å². The topological polar surface area (TPSA) is 54.3 Å². The van der Waals surface area contributed by atoms with E-state index in [1.807, 2.05) is 61.1 Å². The van der Waals surface area contributed by atoms with Gasteiger partial charge in [0.25, 0.3) is 5.91 Å². The molecule has 3 aromatic rings. The first-order valence-corrected chi connectivity index (χ1v) is 9.37. The van der Waals surface area contributed by atoms with Gasteiger partial charge >= 0.3 is 0 Å². The summed E-state index contributed by atoms with van der Waals surface area (Å²) in [6.45, 7) is 1.59. The van der Waals surface area contributed by atoms with Gasteiger partial charge in [0.15, 0.2) is 0 Å². The predicted molar refractivity (Wildman–Crippen MR) is 105 cm³/mol. The summed E-state index contributed by atoms with van der Waals surface area (Å²) in [5.41, 5.74) is 3.57. The van der Waals surface area contributed by atoms with Crippen LogP contribution in [0.1, 0.15) is 40.6 Å². The Morgan fingerprint density at radius 3 is 2.89 bits per heavy atom. The van der Waals surface area contributed by atoms with Crippen LogP contribution >= 0.6 is 0 Å². The molecule has 0 N–H and O–H groups in total. The number of para-hydroxylation sites is 1. The van der Waals surface area contributed by atoms with Crippen molar-refractivity contribution >= 4 is 16.8 Å².